The van der Waals surface area contributed by atoms with Crippen LogP contribution in [0.2, 0.25) is 0 Å². The van der Waals surface area contributed by atoms with Crippen molar-refractivity contribution in [3.05, 3.63) is 30.3 Å². The topological polar surface area (TPSA) is 36.4 Å². The number of thioether (sulfide) groups is 1. The lowest BCUT2D eigenvalue weighted by Crippen LogP contribution is -2.41. The molecule has 0 atom stereocenters. The lowest BCUT2D eigenvalue weighted by molar-refractivity contribution is 0.702. The highest BCUT2D eigenvalue weighted by molar-refractivity contribution is 7.99. The van der Waals surface area contributed by atoms with Gasteiger partial charge in [-0.15, -0.1) is 11.8 Å². The number of rotatable bonds is 6. The van der Waals surface area contributed by atoms with Crippen LogP contribution in [0.25, 0.3) is 0 Å². The Morgan fingerprint density at radius 2 is 2.00 bits per heavy atom. The van der Waals surface area contributed by atoms with Crippen LogP contribution in [-0.4, -0.2) is 30.8 Å². The fourth-order valence-electron chi connectivity index (χ4n) is 1.43. The number of guanidine groups is 1. The maximum Gasteiger partial charge on any atom is 0.191 e. The predicted molar refractivity (Wildman–Crippen MR) is 81.4 cm³/mol. The van der Waals surface area contributed by atoms with Crippen molar-refractivity contribution in [1.82, 2.24) is 10.6 Å². The van der Waals surface area contributed by atoms with Crippen molar-refractivity contribution in [2.45, 2.75) is 31.7 Å². The quantitative estimate of drug-likeness (QED) is 0.359. The van der Waals surface area contributed by atoms with Gasteiger partial charge in [-0.3, -0.25) is 4.99 Å². The lowest BCUT2D eigenvalue weighted by Gasteiger charge is -2.13. The zero-order valence-corrected chi connectivity index (χ0v) is 12.3. The van der Waals surface area contributed by atoms with Gasteiger partial charge in [-0.25, -0.2) is 0 Å². The molecule has 0 spiro atoms. The Bertz CT molecular complexity index is 349. The Kier molecular flexibility index (Phi) is 7.34. The van der Waals surface area contributed by atoms with E-state index in [0.29, 0.717) is 6.04 Å². The molecule has 1 aromatic carbocycles. The third-order valence-corrected chi connectivity index (χ3v) is 3.13. The van der Waals surface area contributed by atoms with Crippen LogP contribution in [0.15, 0.2) is 40.2 Å². The average Bonchev–Trinajstić information content (AvgIpc) is 2.35. The average molecular weight is 265 g/mol. The van der Waals surface area contributed by atoms with Crippen LogP contribution in [0.3, 0.4) is 0 Å². The maximum atomic E-state index is 4.54. The van der Waals surface area contributed by atoms with Gasteiger partial charge in [-0.1, -0.05) is 18.2 Å². The molecule has 4 heteroatoms. The van der Waals surface area contributed by atoms with Gasteiger partial charge in [-0.2, -0.15) is 0 Å². The Hall–Kier alpha value is -1.16. The van der Waals surface area contributed by atoms with E-state index in [-0.39, 0.29) is 0 Å². The highest BCUT2D eigenvalue weighted by atomic mass is 32.2. The molecule has 1 rings (SSSR count). The normalized spacial score (nSPS) is 11.7. The monoisotopic (exact) mass is 265 g/mol. The molecule has 0 fully saturated rings. The molecular weight excluding hydrogens is 242 g/mol. The standard InChI is InChI=1S/C14H23N3S/c1-4-15-14(17-12(2)3)16-10-11-18-13-8-6-5-7-9-13/h5-9,12H,4,10-11H2,1-3H3,(H2,15,16,17). The molecule has 0 aliphatic heterocycles. The first-order chi connectivity index (χ1) is 8.72. The summed E-state index contributed by atoms with van der Waals surface area (Å²) in [6.07, 6.45) is 0. The fourth-order valence-corrected chi connectivity index (χ4v) is 2.20. The second-order valence-corrected chi connectivity index (χ2v) is 5.39. The fraction of sp³-hybridized carbons (Fsp3) is 0.500. The summed E-state index contributed by atoms with van der Waals surface area (Å²) in [5, 5.41) is 6.55. The predicted octanol–water partition coefficient (Wildman–Crippen LogP) is 2.74. The summed E-state index contributed by atoms with van der Waals surface area (Å²) in [4.78, 5) is 5.84. The smallest absolute Gasteiger partial charge is 0.191 e. The first-order valence-electron chi connectivity index (χ1n) is 6.45. The summed E-state index contributed by atoms with van der Waals surface area (Å²) in [7, 11) is 0. The van der Waals surface area contributed by atoms with Crippen molar-refractivity contribution in [2.24, 2.45) is 4.99 Å². The van der Waals surface area contributed by atoms with E-state index in [0.717, 1.165) is 24.8 Å². The van der Waals surface area contributed by atoms with Crippen LogP contribution < -0.4 is 10.6 Å². The van der Waals surface area contributed by atoms with Crippen LogP contribution >= 0.6 is 11.8 Å². The minimum absolute atomic E-state index is 0.407. The largest absolute Gasteiger partial charge is 0.357 e. The number of nitrogens with one attached hydrogen (secondary N) is 2. The van der Waals surface area contributed by atoms with Crippen molar-refractivity contribution >= 4 is 17.7 Å². The van der Waals surface area contributed by atoms with E-state index in [4.69, 9.17) is 0 Å². The number of nitrogens with zero attached hydrogens (tertiary/aromatic N) is 1. The minimum Gasteiger partial charge on any atom is -0.357 e. The third-order valence-electron chi connectivity index (χ3n) is 2.14. The first kappa shape index (κ1) is 14.9. The SMILES string of the molecule is CCNC(=NCCSc1ccccc1)NC(C)C. The highest BCUT2D eigenvalue weighted by Gasteiger charge is 1.98. The van der Waals surface area contributed by atoms with E-state index in [2.05, 4.69) is 60.7 Å². The second-order valence-electron chi connectivity index (χ2n) is 4.22. The van der Waals surface area contributed by atoms with Crippen molar-refractivity contribution in [1.29, 1.82) is 0 Å². The molecular formula is C14H23N3S. The van der Waals surface area contributed by atoms with Gasteiger partial charge in [0.15, 0.2) is 5.96 Å². The van der Waals surface area contributed by atoms with Crippen molar-refractivity contribution < 1.29 is 0 Å². The number of hydrogen-bond donors (Lipinski definition) is 2. The van der Waals surface area contributed by atoms with E-state index in [1.807, 2.05) is 17.8 Å². The van der Waals surface area contributed by atoms with E-state index in [1.54, 1.807) is 0 Å². The molecule has 0 saturated heterocycles. The number of aliphatic imine (C=N–C) groups is 1. The molecule has 100 valence electrons. The van der Waals surface area contributed by atoms with Gasteiger partial charge in [0.1, 0.15) is 0 Å². The maximum absolute atomic E-state index is 4.54. The molecule has 3 nitrogen and oxygen atoms in total. The molecule has 0 unspecified atom stereocenters. The van der Waals surface area contributed by atoms with Crippen LogP contribution in [0.4, 0.5) is 0 Å². The summed E-state index contributed by atoms with van der Waals surface area (Å²) in [5.41, 5.74) is 0. The molecule has 0 aliphatic rings. The van der Waals surface area contributed by atoms with Crippen molar-refractivity contribution in [3.63, 3.8) is 0 Å². The van der Waals surface area contributed by atoms with Gasteiger partial charge in [0.2, 0.25) is 0 Å². The van der Waals surface area contributed by atoms with Crippen molar-refractivity contribution in [2.75, 3.05) is 18.8 Å². The van der Waals surface area contributed by atoms with Gasteiger partial charge in [-0.05, 0) is 32.9 Å². The van der Waals surface area contributed by atoms with Gasteiger partial charge >= 0.3 is 0 Å². The molecule has 0 radical (unpaired) electrons. The molecule has 0 aromatic heterocycles. The van der Waals surface area contributed by atoms with Gasteiger partial charge < -0.3 is 10.6 Å². The summed E-state index contributed by atoms with van der Waals surface area (Å²) in [5.74, 6) is 1.90. The summed E-state index contributed by atoms with van der Waals surface area (Å²) >= 11 is 1.84. The van der Waals surface area contributed by atoms with Crippen molar-refractivity contribution in [3.8, 4) is 0 Å². The Balaban J connectivity index is 2.32. The second kappa shape index (κ2) is 8.86. The van der Waals surface area contributed by atoms with Gasteiger partial charge in [0, 0.05) is 23.2 Å². The lowest BCUT2D eigenvalue weighted by atomic mass is 10.4. The minimum atomic E-state index is 0.407. The highest BCUT2D eigenvalue weighted by Crippen LogP contribution is 2.16. The Labute approximate surface area is 114 Å². The molecule has 0 bridgehead atoms. The first-order valence-corrected chi connectivity index (χ1v) is 7.43. The zero-order chi connectivity index (χ0) is 13.2. The van der Waals surface area contributed by atoms with Crippen LogP contribution in [0.1, 0.15) is 20.8 Å². The summed E-state index contributed by atoms with van der Waals surface area (Å²) in [6, 6.07) is 10.8. The van der Waals surface area contributed by atoms with E-state index >= 15 is 0 Å². The molecule has 0 saturated carbocycles. The third kappa shape index (κ3) is 6.55. The number of hydrogen-bond acceptors (Lipinski definition) is 2. The molecule has 18 heavy (non-hydrogen) atoms. The molecule has 1 aromatic rings. The van der Waals surface area contributed by atoms with Gasteiger partial charge in [0.05, 0.1) is 6.54 Å². The zero-order valence-electron chi connectivity index (χ0n) is 11.4. The Morgan fingerprint density at radius 1 is 1.28 bits per heavy atom. The van der Waals surface area contributed by atoms with E-state index in [1.165, 1.54) is 4.90 Å². The van der Waals surface area contributed by atoms with Crippen LogP contribution in [0, 0.1) is 0 Å². The van der Waals surface area contributed by atoms with Gasteiger partial charge in [0.25, 0.3) is 0 Å². The Morgan fingerprint density at radius 3 is 2.61 bits per heavy atom. The molecule has 0 heterocycles. The van der Waals surface area contributed by atoms with E-state index in [9.17, 15) is 0 Å². The summed E-state index contributed by atoms with van der Waals surface area (Å²) < 4.78 is 0. The van der Waals surface area contributed by atoms with Crippen LogP contribution in [0.5, 0.6) is 0 Å². The number of benzene rings is 1. The van der Waals surface area contributed by atoms with E-state index < -0.39 is 0 Å². The van der Waals surface area contributed by atoms with Crippen LogP contribution in [-0.2, 0) is 0 Å². The molecule has 0 aliphatic carbocycles. The summed E-state index contributed by atoms with van der Waals surface area (Å²) in [6.45, 7) is 8.03. The molecule has 2 N–H and O–H groups in total. The molecule has 0 amide bonds.